The molecule has 39 heavy (non-hydrogen) atoms. The average Bonchev–Trinajstić information content (AvgIpc) is 3.51. The molecule has 0 aliphatic carbocycles. The first kappa shape index (κ1) is 25.7. The summed E-state index contributed by atoms with van der Waals surface area (Å²) in [4.78, 5) is 4.30. The van der Waals surface area contributed by atoms with Gasteiger partial charge in [0.25, 0.3) is 10.2 Å². The Bertz CT molecular complexity index is 1590. The first-order valence-electron chi connectivity index (χ1n) is 13.0. The van der Waals surface area contributed by atoms with Crippen molar-refractivity contribution in [2.24, 2.45) is 21.7 Å². The smallest absolute Gasteiger partial charge is 0.281 e. The maximum Gasteiger partial charge on any atom is 0.281 e. The van der Waals surface area contributed by atoms with Crippen LogP contribution in [0.5, 0.6) is 0 Å². The molecular formula is C27H31FN8O2S. The van der Waals surface area contributed by atoms with Crippen LogP contribution in [0.2, 0.25) is 0 Å². The second-order valence-electron chi connectivity index (χ2n) is 10.4. The lowest BCUT2D eigenvalue weighted by atomic mass is 9.90. The Morgan fingerprint density at radius 2 is 1.85 bits per heavy atom. The van der Waals surface area contributed by atoms with Crippen LogP contribution in [0.25, 0.3) is 10.9 Å². The molecule has 2 unspecified atom stereocenters. The normalized spacial score (nSPS) is 22.4. The number of benzene rings is 2. The van der Waals surface area contributed by atoms with Crippen LogP contribution < -0.4 is 5.73 Å². The van der Waals surface area contributed by atoms with E-state index in [1.807, 2.05) is 15.9 Å². The summed E-state index contributed by atoms with van der Waals surface area (Å²) in [5, 5.41) is 12.3. The molecule has 0 bridgehead atoms. The van der Waals surface area contributed by atoms with Crippen LogP contribution in [0, 0.1) is 11.7 Å². The topological polar surface area (TPSA) is 112 Å². The molecular weight excluding hydrogens is 519 g/mol. The minimum absolute atomic E-state index is 0.0728. The van der Waals surface area contributed by atoms with Crippen LogP contribution >= 0.6 is 0 Å². The molecule has 3 aliphatic rings. The van der Waals surface area contributed by atoms with Gasteiger partial charge in [-0.2, -0.15) is 27.2 Å². The standard InChI is InChI=1S/C27H31FN8O2S/c1-33(2)39(37,38)35-11-9-19(10-12-35)25-14-23(26-27(29)30-17-31-36(25)26)20-5-6-21-16-34(32-24(21)13-20)15-18-3-7-22(28)8-4-18/h3-8,13-14,16-17,19,23,26H,9-12,15H2,1-2H3,(H2,29,30,31). The van der Waals surface area contributed by atoms with Gasteiger partial charge < -0.3 is 5.73 Å². The summed E-state index contributed by atoms with van der Waals surface area (Å²) in [7, 11) is -0.317. The third kappa shape index (κ3) is 4.72. The quantitative estimate of drug-likeness (QED) is 0.507. The lowest BCUT2D eigenvalue weighted by Crippen LogP contribution is -2.47. The predicted octanol–water partition coefficient (Wildman–Crippen LogP) is 2.71. The molecule has 3 aromatic rings. The maximum absolute atomic E-state index is 13.3. The molecule has 2 atom stereocenters. The van der Waals surface area contributed by atoms with E-state index in [-0.39, 0.29) is 23.7 Å². The number of amidine groups is 1. The lowest BCUT2D eigenvalue weighted by Gasteiger charge is -2.36. The van der Waals surface area contributed by atoms with Crippen molar-refractivity contribution in [2.45, 2.75) is 31.3 Å². The van der Waals surface area contributed by atoms with E-state index >= 15 is 0 Å². The van der Waals surface area contributed by atoms with Crippen molar-refractivity contribution < 1.29 is 12.8 Å². The first-order chi connectivity index (χ1) is 18.7. The van der Waals surface area contributed by atoms with Crippen molar-refractivity contribution in [3.8, 4) is 0 Å². The zero-order chi connectivity index (χ0) is 27.3. The fraction of sp³-hybridized carbons (Fsp3) is 0.370. The Hall–Kier alpha value is -3.61. The largest absolute Gasteiger partial charge is 0.385 e. The van der Waals surface area contributed by atoms with E-state index in [0.29, 0.717) is 38.3 Å². The van der Waals surface area contributed by atoms with Gasteiger partial charge in [0.2, 0.25) is 0 Å². The monoisotopic (exact) mass is 550 g/mol. The number of halogens is 1. The Morgan fingerprint density at radius 3 is 2.56 bits per heavy atom. The number of fused-ring (bicyclic) bond motifs is 2. The number of hydrogen-bond donors (Lipinski definition) is 1. The molecule has 204 valence electrons. The highest BCUT2D eigenvalue weighted by Gasteiger charge is 2.43. The molecule has 2 aromatic carbocycles. The van der Waals surface area contributed by atoms with E-state index in [4.69, 9.17) is 10.8 Å². The Morgan fingerprint density at radius 1 is 1.10 bits per heavy atom. The highest BCUT2D eigenvalue weighted by Crippen LogP contribution is 2.42. The molecule has 0 spiro atoms. The number of nitrogens with two attached hydrogens (primary N) is 1. The Kier molecular flexibility index (Phi) is 6.48. The van der Waals surface area contributed by atoms with Crippen LogP contribution in [0.4, 0.5) is 4.39 Å². The van der Waals surface area contributed by atoms with E-state index in [0.717, 1.165) is 27.7 Å². The van der Waals surface area contributed by atoms with Crippen molar-refractivity contribution >= 4 is 33.3 Å². The van der Waals surface area contributed by atoms with Crippen LogP contribution in [-0.2, 0) is 16.8 Å². The van der Waals surface area contributed by atoms with Gasteiger partial charge in [0.05, 0.1) is 12.1 Å². The van der Waals surface area contributed by atoms with Gasteiger partial charge in [0.15, 0.2) is 0 Å². The van der Waals surface area contributed by atoms with Crippen molar-refractivity contribution in [3.63, 3.8) is 0 Å². The van der Waals surface area contributed by atoms with Crippen molar-refractivity contribution in [1.29, 1.82) is 0 Å². The SMILES string of the molecule is CN(C)S(=O)(=O)N1CCC(C2=CC(c3ccc4cn(Cc5ccc(F)cc5)nc4c3)C3C(N)=NC=NN23)CC1. The van der Waals surface area contributed by atoms with E-state index in [1.165, 1.54) is 22.8 Å². The first-order valence-corrected chi connectivity index (χ1v) is 14.4. The van der Waals surface area contributed by atoms with Crippen molar-refractivity contribution in [3.05, 3.63) is 77.4 Å². The highest BCUT2D eigenvalue weighted by molar-refractivity contribution is 7.86. The van der Waals surface area contributed by atoms with Crippen LogP contribution in [-0.4, -0.2) is 77.2 Å². The molecule has 1 saturated heterocycles. The number of rotatable bonds is 6. The molecule has 0 saturated carbocycles. The second-order valence-corrected chi connectivity index (χ2v) is 12.6. The third-order valence-corrected chi connectivity index (χ3v) is 9.73. The summed E-state index contributed by atoms with van der Waals surface area (Å²) >= 11 is 0. The third-order valence-electron chi connectivity index (χ3n) is 7.79. The number of allylic oxidation sites excluding steroid dienone is 1. The molecule has 4 heterocycles. The van der Waals surface area contributed by atoms with Gasteiger partial charge in [0, 0.05) is 56.3 Å². The van der Waals surface area contributed by atoms with E-state index in [9.17, 15) is 12.8 Å². The fourth-order valence-corrected chi connectivity index (χ4v) is 6.83. The van der Waals surface area contributed by atoms with Crippen molar-refractivity contribution in [2.75, 3.05) is 27.2 Å². The van der Waals surface area contributed by atoms with Gasteiger partial charge in [-0.1, -0.05) is 30.3 Å². The molecule has 6 rings (SSSR count). The summed E-state index contributed by atoms with van der Waals surface area (Å²) in [6, 6.07) is 12.4. The highest BCUT2D eigenvalue weighted by atomic mass is 32.2. The van der Waals surface area contributed by atoms with Crippen LogP contribution in [0.15, 0.2) is 70.5 Å². The average molecular weight is 551 g/mol. The molecule has 0 amide bonds. The summed E-state index contributed by atoms with van der Waals surface area (Å²) < 4.78 is 43.1. The summed E-state index contributed by atoms with van der Waals surface area (Å²) in [5.41, 5.74) is 10.4. The van der Waals surface area contributed by atoms with Gasteiger partial charge in [-0.15, -0.1) is 0 Å². The number of aromatic nitrogens is 2. The number of aliphatic imine (C=N–C) groups is 1. The molecule has 10 nitrogen and oxygen atoms in total. The zero-order valence-electron chi connectivity index (χ0n) is 21.9. The van der Waals surface area contributed by atoms with Gasteiger partial charge in [-0.05, 0) is 42.2 Å². The van der Waals surface area contributed by atoms with Crippen LogP contribution in [0.1, 0.15) is 29.9 Å². The van der Waals surface area contributed by atoms with Gasteiger partial charge >= 0.3 is 0 Å². The summed E-state index contributed by atoms with van der Waals surface area (Å²) in [6.07, 6.45) is 7.09. The lowest BCUT2D eigenvalue weighted by molar-refractivity contribution is 0.232. The molecule has 1 fully saturated rings. The molecule has 2 N–H and O–H groups in total. The molecule has 0 radical (unpaired) electrons. The van der Waals surface area contributed by atoms with E-state index in [2.05, 4.69) is 34.4 Å². The van der Waals surface area contributed by atoms with E-state index < -0.39 is 10.2 Å². The minimum Gasteiger partial charge on any atom is -0.385 e. The van der Waals surface area contributed by atoms with E-state index in [1.54, 1.807) is 30.5 Å². The fourth-order valence-electron chi connectivity index (χ4n) is 5.70. The second kappa shape index (κ2) is 9.85. The van der Waals surface area contributed by atoms with Gasteiger partial charge in [-0.3, -0.25) is 9.69 Å². The Labute approximate surface area is 227 Å². The number of hydrogen-bond acceptors (Lipinski definition) is 7. The number of hydrazone groups is 1. The van der Waals surface area contributed by atoms with Crippen LogP contribution in [0.3, 0.4) is 0 Å². The number of piperidine rings is 1. The minimum atomic E-state index is -3.43. The summed E-state index contributed by atoms with van der Waals surface area (Å²) in [5.74, 6) is 0.325. The predicted molar refractivity (Wildman–Crippen MR) is 149 cm³/mol. The Balaban J connectivity index is 1.26. The zero-order valence-corrected chi connectivity index (χ0v) is 22.7. The van der Waals surface area contributed by atoms with Gasteiger partial charge in [0.1, 0.15) is 24.0 Å². The molecule has 1 aromatic heterocycles. The van der Waals surface area contributed by atoms with Crippen molar-refractivity contribution in [1.82, 2.24) is 23.4 Å². The number of nitrogens with zero attached hydrogens (tertiary/aromatic N) is 7. The molecule has 3 aliphatic heterocycles. The molecule has 12 heteroatoms. The summed E-state index contributed by atoms with van der Waals surface area (Å²) in [6.45, 7) is 1.46. The maximum atomic E-state index is 13.3. The van der Waals surface area contributed by atoms with Gasteiger partial charge in [-0.25, -0.2) is 9.38 Å².